The molecule has 3 aromatic carbocycles. The first kappa shape index (κ1) is 22.6. The monoisotopic (exact) mass is 434 g/mol. The maximum absolute atomic E-state index is 13.7. The van der Waals surface area contributed by atoms with Crippen molar-refractivity contribution in [3.8, 4) is 17.2 Å². The Morgan fingerprint density at radius 1 is 1.06 bits per heavy atom. The summed E-state index contributed by atoms with van der Waals surface area (Å²) in [6, 6.07) is 18.4. The number of halogens is 1. The van der Waals surface area contributed by atoms with Gasteiger partial charge in [0, 0.05) is 11.1 Å². The van der Waals surface area contributed by atoms with Gasteiger partial charge in [0.25, 0.3) is 5.91 Å². The zero-order valence-corrected chi connectivity index (χ0v) is 17.6. The lowest BCUT2D eigenvalue weighted by atomic mass is 10.2. The molecular formula is C25H23FN2O4. The molecule has 1 amide bonds. The summed E-state index contributed by atoms with van der Waals surface area (Å²) in [6.45, 7) is 4.04. The third-order valence-corrected chi connectivity index (χ3v) is 4.37. The van der Waals surface area contributed by atoms with Crippen molar-refractivity contribution in [3.05, 3.63) is 102 Å². The maximum Gasteiger partial charge on any atom is 0.271 e. The molecule has 0 spiro atoms. The van der Waals surface area contributed by atoms with Gasteiger partial charge in [0.15, 0.2) is 11.5 Å². The molecule has 0 aliphatic carbocycles. The van der Waals surface area contributed by atoms with Crippen LogP contribution in [0.15, 0.2) is 84.5 Å². The average Bonchev–Trinajstić information content (AvgIpc) is 2.82. The van der Waals surface area contributed by atoms with Crippen LogP contribution in [0.25, 0.3) is 0 Å². The standard InChI is InChI=1S/C25H23FN2O4/c1-3-13-31-23-12-11-19(15-24(23)30-2)25(29)28-27-16-18-7-6-9-21(14-18)32-17-20-8-4-5-10-22(20)26/h3-12,14-16H,1,13,17H2,2H3,(H,28,29)/b27-16+. The van der Waals surface area contributed by atoms with Crippen molar-refractivity contribution in [1.29, 1.82) is 0 Å². The van der Waals surface area contributed by atoms with Crippen molar-refractivity contribution in [2.24, 2.45) is 5.10 Å². The Labute approximate surface area is 185 Å². The van der Waals surface area contributed by atoms with E-state index in [9.17, 15) is 9.18 Å². The van der Waals surface area contributed by atoms with Gasteiger partial charge in [0.1, 0.15) is 24.8 Å². The Balaban J connectivity index is 1.59. The third-order valence-electron chi connectivity index (χ3n) is 4.37. The van der Waals surface area contributed by atoms with Gasteiger partial charge in [-0.3, -0.25) is 4.79 Å². The van der Waals surface area contributed by atoms with Crippen LogP contribution in [-0.4, -0.2) is 25.8 Å². The first-order valence-electron chi connectivity index (χ1n) is 9.82. The Bertz CT molecular complexity index is 1110. The highest BCUT2D eigenvalue weighted by Gasteiger charge is 2.10. The lowest BCUT2D eigenvalue weighted by Crippen LogP contribution is -2.17. The Morgan fingerprint density at radius 2 is 1.91 bits per heavy atom. The number of amides is 1. The molecule has 0 aliphatic rings. The van der Waals surface area contributed by atoms with Crippen molar-refractivity contribution < 1.29 is 23.4 Å². The molecule has 0 aromatic heterocycles. The summed E-state index contributed by atoms with van der Waals surface area (Å²) in [4.78, 5) is 12.4. The molecule has 7 heteroatoms. The number of hydrazone groups is 1. The highest BCUT2D eigenvalue weighted by Crippen LogP contribution is 2.28. The van der Waals surface area contributed by atoms with E-state index in [0.717, 1.165) is 0 Å². The molecule has 0 saturated carbocycles. The van der Waals surface area contributed by atoms with Gasteiger partial charge in [-0.05, 0) is 42.0 Å². The minimum Gasteiger partial charge on any atom is -0.493 e. The molecule has 0 unspecified atom stereocenters. The van der Waals surface area contributed by atoms with Crippen LogP contribution in [0, 0.1) is 5.82 Å². The molecule has 0 heterocycles. The van der Waals surface area contributed by atoms with E-state index in [1.165, 1.54) is 19.4 Å². The van der Waals surface area contributed by atoms with Crippen LogP contribution < -0.4 is 19.6 Å². The number of nitrogens with zero attached hydrogens (tertiary/aromatic N) is 1. The first-order chi connectivity index (χ1) is 15.6. The molecule has 0 aliphatic heterocycles. The van der Waals surface area contributed by atoms with Crippen LogP contribution in [0.2, 0.25) is 0 Å². The van der Waals surface area contributed by atoms with Gasteiger partial charge in [-0.1, -0.05) is 43.0 Å². The second kappa shape index (κ2) is 11.3. The van der Waals surface area contributed by atoms with Crippen molar-refractivity contribution >= 4 is 12.1 Å². The second-order valence-corrected chi connectivity index (χ2v) is 6.62. The predicted octanol–water partition coefficient (Wildman–Crippen LogP) is 4.74. The number of hydrogen-bond donors (Lipinski definition) is 1. The molecule has 164 valence electrons. The van der Waals surface area contributed by atoms with Crippen molar-refractivity contribution in [2.45, 2.75) is 6.61 Å². The van der Waals surface area contributed by atoms with Gasteiger partial charge in [0.2, 0.25) is 0 Å². The fourth-order valence-corrected chi connectivity index (χ4v) is 2.77. The second-order valence-electron chi connectivity index (χ2n) is 6.62. The van der Waals surface area contributed by atoms with E-state index in [2.05, 4.69) is 17.1 Å². The molecular weight excluding hydrogens is 411 g/mol. The van der Waals surface area contributed by atoms with E-state index < -0.39 is 5.91 Å². The summed E-state index contributed by atoms with van der Waals surface area (Å²) in [5, 5.41) is 3.99. The van der Waals surface area contributed by atoms with E-state index in [4.69, 9.17) is 14.2 Å². The Morgan fingerprint density at radius 3 is 2.69 bits per heavy atom. The minimum absolute atomic E-state index is 0.109. The van der Waals surface area contributed by atoms with Gasteiger partial charge < -0.3 is 14.2 Å². The highest BCUT2D eigenvalue weighted by molar-refractivity contribution is 5.95. The van der Waals surface area contributed by atoms with Gasteiger partial charge in [-0.15, -0.1) is 0 Å². The van der Waals surface area contributed by atoms with Gasteiger partial charge in [0.05, 0.1) is 13.3 Å². The summed E-state index contributed by atoms with van der Waals surface area (Å²) < 4.78 is 30.1. The number of carbonyl (C=O) groups excluding carboxylic acids is 1. The van der Waals surface area contributed by atoms with Gasteiger partial charge in [-0.25, -0.2) is 9.82 Å². The van der Waals surface area contributed by atoms with Crippen LogP contribution in [0.5, 0.6) is 17.2 Å². The molecule has 0 fully saturated rings. The summed E-state index contributed by atoms with van der Waals surface area (Å²) in [6.07, 6.45) is 3.11. The largest absolute Gasteiger partial charge is 0.493 e. The normalized spacial score (nSPS) is 10.6. The smallest absolute Gasteiger partial charge is 0.271 e. The first-order valence-corrected chi connectivity index (χ1v) is 9.82. The van der Waals surface area contributed by atoms with E-state index >= 15 is 0 Å². The van der Waals surface area contributed by atoms with Crippen molar-refractivity contribution in [2.75, 3.05) is 13.7 Å². The molecule has 32 heavy (non-hydrogen) atoms. The van der Waals surface area contributed by atoms with Crippen LogP contribution in [0.4, 0.5) is 4.39 Å². The Kier molecular flexibility index (Phi) is 7.97. The SMILES string of the molecule is C=CCOc1ccc(C(=O)N/N=C/c2cccc(OCc3ccccc3F)c2)cc1OC. The quantitative estimate of drug-likeness (QED) is 0.284. The number of nitrogens with one attached hydrogen (secondary N) is 1. The lowest BCUT2D eigenvalue weighted by Gasteiger charge is -2.10. The van der Waals surface area contributed by atoms with Crippen LogP contribution >= 0.6 is 0 Å². The van der Waals surface area contributed by atoms with Crippen molar-refractivity contribution in [1.82, 2.24) is 5.43 Å². The number of hydrogen-bond acceptors (Lipinski definition) is 5. The summed E-state index contributed by atoms with van der Waals surface area (Å²) >= 11 is 0. The molecule has 0 bridgehead atoms. The lowest BCUT2D eigenvalue weighted by molar-refractivity contribution is 0.0954. The molecule has 3 rings (SSSR count). The van der Waals surface area contributed by atoms with E-state index in [1.54, 1.807) is 66.7 Å². The summed E-state index contributed by atoms with van der Waals surface area (Å²) in [5.41, 5.74) is 4.02. The topological polar surface area (TPSA) is 69.2 Å². The van der Waals surface area contributed by atoms with Crippen molar-refractivity contribution in [3.63, 3.8) is 0 Å². The highest BCUT2D eigenvalue weighted by atomic mass is 19.1. The number of benzene rings is 3. The van der Waals surface area contributed by atoms with Crippen LogP contribution in [0.3, 0.4) is 0 Å². The van der Waals surface area contributed by atoms with E-state index in [0.29, 0.717) is 40.5 Å². The molecule has 0 radical (unpaired) electrons. The third kappa shape index (κ3) is 6.18. The average molecular weight is 434 g/mol. The number of ether oxygens (including phenoxy) is 3. The fraction of sp³-hybridized carbons (Fsp3) is 0.120. The molecule has 0 atom stereocenters. The van der Waals surface area contributed by atoms with Crippen LogP contribution in [-0.2, 0) is 6.61 Å². The molecule has 3 aromatic rings. The van der Waals surface area contributed by atoms with E-state index in [1.807, 2.05) is 0 Å². The number of rotatable bonds is 10. The van der Waals surface area contributed by atoms with Crippen LogP contribution in [0.1, 0.15) is 21.5 Å². The summed E-state index contributed by atoms with van der Waals surface area (Å²) in [7, 11) is 1.50. The van der Waals surface area contributed by atoms with Gasteiger partial charge >= 0.3 is 0 Å². The van der Waals surface area contributed by atoms with Gasteiger partial charge in [-0.2, -0.15) is 5.10 Å². The number of methoxy groups -OCH3 is 1. The maximum atomic E-state index is 13.7. The van der Waals surface area contributed by atoms with E-state index in [-0.39, 0.29) is 12.4 Å². The molecule has 1 N–H and O–H groups in total. The minimum atomic E-state index is -0.401. The number of carbonyl (C=O) groups is 1. The zero-order chi connectivity index (χ0) is 22.8. The summed E-state index contributed by atoms with van der Waals surface area (Å²) in [5.74, 6) is 0.790. The zero-order valence-electron chi connectivity index (χ0n) is 17.6. The Hall–Kier alpha value is -4.13. The fourth-order valence-electron chi connectivity index (χ4n) is 2.77. The molecule has 6 nitrogen and oxygen atoms in total. The predicted molar refractivity (Wildman–Crippen MR) is 121 cm³/mol. The molecule has 0 saturated heterocycles.